The lowest BCUT2D eigenvalue weighted by atomic mass is 9.78. The number of benzene rings is 9. The SMILES string of the molecule is CC1=Nc2ccc3c(C)cc(S(=O)(=O)[O-])cc3c2C1(C)C.CC1=[N+](CCCC(=O)NCC(C)S(=O)(=O)[O-])c2ccc3c(C)cc(S(=O)(=O)[O-])cc3c2C1(C)C.CC1=[N+](CCCC(=O)O)c2ccc3c(C)cc(S(=O)(=O)[O-])cc3c2C1(C)C.Cc1cc(S(=O)(=O)[O-])cc2c3c(ccc12)[N+](CCCC(=O)NCC(C)S(=O)(=O)[O-])=C(/C=C/Nc1ccccc1)C3(C)C.O=C(O)CCCBr. The first-order valence-corrected chi connectivity index (χ1v) is 51.7. The Morgan fingerprint density at radius 1 is 0.412 bits per heavy atom. The van der Waals surface area contributed by atoms with E-state index in [4.69, 9.17) is 10.2 Å². The molecule has 13 rings (SSSR count). The number of hydrogen-bond donors (Lipinski definition) is 5. The van der Waals surface area contributed by atoms with Crippen LogP contribution in [0.4, 0.5) is 28.4 Å². The summed E-state index contributed by atoms with van der Waals surface area (Å²) in [6.45, 7) is 33.0. The van der Waals surface area contributed by atoms with Gasteiger partial charge in [0.1, 0.15) is 60.1 Å². The van der Waals surface area contributed by atoms with Crippen LogP contribution in [-0.4, -0.2) is 197 Å². The monoisotopic (exact) mass is 1980 g/mol. The maximum absolute atomic E-state index is 12.4. The summed E-state index contributed by atoms with van der Waals surface area (Å²) in [6.07, 6.45) is 6.49. The molecule has 9 aromatic rings. The standard InChI is InChI=1S/C30H35N3O7S2.C23H30N2O7S2.C20H23NO5S.C16H17NO3S.C4H7BrO2/c1-20-17-23(42(38,39)40)18-25-24(20)12-13-26-29(25)30(3,4)27(14-15-31-22-9-6-5-7-10-22)33(26)16-8-11-28(34)32-19-21(2)41(35,36)37;1-14-11-17(34(30,31)32)12-19-18(14)8-9-20-22(19)23(4,5)16(3)25(20)10-6-7-21(26)24-13-15(2)33(27,28)29;1-12-10-14(27(24,25)26)11-16-15(12)7-8-17-19(16)20(3,4)13(2)21(17)9-5-6-18(22)23;1-9-7-11(21(18,19)20)8-13-12(9)5-6-14-15(13)16(3,4)10(2)17-14;5-3-1-2-4(6)7/h5-7,9-10,12-15,17-18,21H,8,11,16,19H2,1-4H3,(H3,32,34,35,36,37,38,39,40);8-9,11-12,15H,6-7,10,13H2,1-5H3,(H2-,24,26,27,28,29,30,31,32);7-8,10-11H,5-6,9H2,1-4H3,(H-,22,23,24,25,26);5-8H,1-4H3,(H,18,19,20);1-3H2,(H,6,7)/p-3. The van der Waals surface area contributed by atoms with Crippen LogP contribution in [0.15, 0.2) is 164 Å². The Labute approximate surface area is 774 Å². The van der Waals surface area contributed by atoms with Gasteiger partial charge < -0.3 is 53.5 Å². The van der Waals surface area contributed by atoms with Gasteiger partial charge in [-0.05, 0) is 252 Å². The molecular formula is C93H109BrN7O24S6-3. The Hall–Kier alpha value is -9.94. The molecule has 5 N–H and O–H groups in total. The van der Waals surface area contributed by atoms with Crippen LogP contribution < -0.4 is 16.0 Å². The Morgan fingerprint density at radius 2 is 0.733 bits per heavy atom. The zero-order valence-electron chi connectivity index (χ0n) is 75.8. The van der Waals surface area contributed by atoms with Gasteiger partial charge in [0.05, 0.1) is 78.7 Å². The molecule has 38 heteroatoms. The van der Waals surface area contributed by atoms with Crippen LogP contribution >= 0.6 is 15.9 Å². The Kier molecular flexibility index (Phi) is 32.4. The lowest BCUT2D eigenvalue weighted by Gasteiger charge is -2.23. The molecule has 706 valence electrons. The second-order valence-electron chi connectivity index (χ2n) is 35.2. The maximum atomic E-state index is 12.4. The van der Waals surface area contributed by atoms with Gasteiger partial charge in [-0.1, -0.05) is 54.0 Å². The average Bonchev–Trinajstić information content (AvgIpc) is 1.58. The first-order valence-electron chi connectivity index (χ1n) is 42.0. The minimum atomic E-state index is -4.68. The number of halogens is 1. The van der Waals surface area contributed by atoms with Gasteiger partial charge in [-0.25, -0.2) is 50.5 Å². The molecule has 31 nitrogen and oxygen atoms in total. The molecule has 0 saturated heterocycles. The first-order chi connectivity index (χ1) is 60.5. The van der Waals surface area contributed by atoms with E-state index in [-0.39, 0.29) is 81.0 Å². The predicted octanol–water partition coefficient (Wildman–Crippen LogP) is 14.2. The normalized spacial score (nSPS) is 15.8. The number of allylic oxidation sites excluding steroid dienone is 1. The van der Waals surface area contributed by atoms with E-state index in [1.807, 2.05) is 147 Å². The summed E-state index contributed by atoms with van der Waals surface area (Å²) in [7, 11) is -27.3. The van der Waals surface area contributed by atoms with Gasteiger partial charge in [-0.15, -0.1) is 0 Å². The lowest BCUT2D eigenvalue weighted by molar-refractivity contribution is -0.439. The summed E-state index contributed by atoms with van der Waals surface area (Å²) in [4.78, 5) is 48.8. The summed E-state index contributed by atoms with van der Waals surface area (Å²) >= 11 is 3.11. The van der Waals surface area contributed by atoms with Crippen molar-refractivity contribution >= 4 is 195 Å². The van der Waals surface area contributed by atoms with E-state index in [9.17, 15) is 97.0 Å². The van der Waals surface area contributed by atoms with E-state index in [0.717, 1.165) is 129 Å². The van der Waals surface area contributed by atoms with Crippen LogP contribution in [-0.2, 0) is 102 Å². The number of anilines is 1. The van der Waals surface area contributed by atoms with Crippen LogP contribution in [0.2, 0.25) is 0 Å². The molecule has 0 bridgehead atoms. The third kappa shape index (κ3) is 24.0. The van der Waals surface area contributed by atoms with Gasteiger partial charge in [0, 0.05) is 135 Å². The van der Waals surface area contributed by atoms with E-state index < -0.39 is 94.0 Å². The molecule has 131 heavy (non-hydrogen) atoms. The van der Waals surface area contributed by atoms with E-state index in [1.54, 1.807) is 20.8 Å². The van der Waals surface area contributed by atoms with Crippen LogP contribution in [0.5, 0.6) is 0 Å². The van der Waals surface area contributed by atoms with Crippen molar-refractivity contribution in [2.45, 2.75) is 221 Å². The van der Waals surface area contributed by atoms with Gasteiger partial charge in [0.25, 0.3) is 0 Å². The topological polar surface area (TPSA) is 509 Å². The maximum Gasteiger partial charge on any atom is 0.303 e. The number of carbonyl (C=O) groups is 4. The Morgan fingerprint density at radius 3 is 1.07 bits per heavy atom. The highest BCUT2D eigenvalue weighted by Crippen LogP contribution is 2.50. The number of fused-ring (bicyclic) bond motifs is 12. The smallest absolute Gasteiger partial charge is 0.303 e. The van der Waals surface area contributed by atoms with Crippen molar-refractivity contribution in [1.29, 1.82) is 0 Å². The fraction of sp³-hybridized carbons (Fsp3) is 0.398. The molecule has 0 saturated carbocycles. The third-order valence-electron chi connectivity index (χ3n) is 24.7. The number of hydrogen-bond acceptors (Lipinski definition) is 24. The van der Waals surface area contributed by atoms with Gasteiger partial charge in [0.2, 0.25) is 28.9 Å². The van der Waals surface area contributed by atoms with Crippen molar-refractivity contribution in [3.05, 3.63) is 184 Å². The van der Waals surface area contributed by atoms with E-state index >= 15 is 0 Å². The number of aliphatic carboxylic acids is 2. The molecule has 2 amide bonds. The lowest BCUT2D eigenvalue weighted by Crippen LogP contribution is -2.35. The highest BCUT2D eigenvalue weighted by Gasteiger charge is 2.48. The number of carboxylic acids is 2. The highest BCUT2D eigenvalue weighted by atomic mass is 79.9. The average molecular weight is 1980 g/mol. The third-order valence-corrected chi connectivity index (χ3v) is 30.9. The molecule has 2 atom stereocenters. The summed E-state index contributed by atoms with van der Waals surface area (Å²) in [5.41, 5.74) is 13.4. The molecule has 0 spiro atoms. The Bertz CT molecular complexity index is 7010. The van der Waals surface area contributed by atoms with Crippen molar-refractivity contribution in [3.63, 3.8) is 0 Å². The number of aryl methyl sites for hydroxylation is 4. The van der Waals surface area contributed by atoms with Crippen molar-refractivity contribution in [1.82, 2.24) is 10.6 Å². The van der Waals surface area contributed by atoms with Crippen molar-refractivity contribution in [3.8, 4) is 0 Å². The number of carbonyl (C=O) groups excluding carboxylic acids is 2. The molecule has 4 aliphatic rings. The quantitative estimate of drug-likeness (QED) is 0.0173. The largest absolute Gasteiger partial charge is 0.748 e. The van der Waals surface area contributed by atoms with E-state index in [2.05, 4.69) is 78.3 Å². The minimum absolute atomic E-state index is 0.0881. The molecular weight excluding hydrogens is 1870 g/mol. The zero-order chi connectivity index (χ0) is 97.9. The van der Waals surface area contributed by atoms with E-state index in [1.165, 1.54) is 62.4 Å². The molecule has 0 fully saturated rings. The fourth-order valence-electron chi connectivity index (χ4n) is 16.9. The minimum Gasteiger partial charge on any atom is -0.748 e. The van der Waals surface area contributed by atoms with Crippen LogP contribution in [0, 0.1) is 27.7 Å². The number of rotatable bonds is 28. The molecule has 2 unspecified atom stereocenters. The zero-order valence-corrected chi connectivity index (χ0v) is 82.3. The van der Waals surface area contributed by atoms with Gasteiger partial charge in [-0.3, -0.25) is 24.2 Å². The van der Waals surface area contributed by atoms with Gasteiger partial charge in [0.15, 0.2) is 17.1 Å². The van der Waals surface area contributed by atoms with Crippen molar-refractivity contribution < 1.29 is 121 Å². The molecule has 0 radical (unpaired) electrons. The molecule has 9 aromatic carbocycles. The number of para-hydroxylation sites is 1. The van der Waals surface area contributed by atoms with Crippen molar-refractivity contribution in [2.75, 3.05) is 43.4 Å². The number of alkyl halides is 1. The summed E-state index contributed by atoms with van der Waals surface area (Å²) in [6, 6.07) is 36.6. The van der Waals surface area contributed by atoms with E-state index in [0.29, 0.717) is 60.8 Å². The summed E-state index contributed by atoms with van der Waals surface area (Å²) < 4.78 is 213. The van der Waals surface area contributed by atoms with Crippen molar-refractivity contribution in [2.24, 2.45) is 4.99 Å². The van der Waals surface area contributed by atoms with Gasteiger partial charge in [-0.2, -0.15) is 13.7 Å². The van der Waals surface area contributed by atoms with Crippen LogP contribution in [0.25, 0.3) is 43.1 Å². The molecule has 0 aliphatic carbocycles. The highest BCUT2D eigenvalue weighted by molar-refractivity contribution is 9.09. The molecule has 4 aliphatic heterocycles. The van der Waals surface area contributed by atoms with Gasteiger partial charge >= 0.3 is 11.9 Å². The number of carboxylic acid groups (broad SMARTS) is 2. The Balaban J connectivity index is 0.000000196. The number of nitrogens with zero attached hydrogens (tertiary/aromatic N) is 4. The number of nitrogens with one attached hydrogen (secondary N) is 3. The predicted molar refractivity (Wildman–Crippen MR) is 502 cm³/mol. The summed E-state index contributed by atoms with van der Waals surface area (Å²) in [5.74, 6) is -2.26. The number of aliphatic imine (C=N–C) groups is 1. The van der Waals surface area contributed by atoms with Crippen LogP contribution in [0.3, 0.4) is 0 Å². The second-order valence-corrected chi connectivity index (χ2v) is 45.0. The summed E-state index contributed by atoms with van der Waals surface area (Å²) in [5, 5.41) is 30.1. The first kappa shape index (κ1) is 105. The van der Waals surface area contributed by atoms with Crippen LogP contribution in [0.1, 0.15) is 186 Å². The second kappa shape index (κ2) is 40.5. The fourth-order valence-corrected chi connectivity index (χ4v) is 20.1. The molecule has 4 heterocycles. The molecule has 0 aromatic heterocycles. The number of amides is 2.